The van der Waals surface area contributed by atoms with Crippen molar-refractivity contribution in [1.82, 2.24) is 0 Å². The van der Waals surface area contributed by atoms with E-state index >= 15 is 0 Å². The van der Waals surface area contributed by atoms with Gasteiger partial charge in [0.15, 0.2) is 0 Å². The zero-order chi connectivity index (χ0) is 14.7. The average Bonchev–Trinajstić information content (AvgIpc) is 2.44. The lowest BCUT2D eigenvalue weighted by molar-refractivity contribution is -0.141. The minimum absolute atomic E-state index is 0.0109. The van der Waals surface area contributed by atoms with E-state index in [0.29, 0.717) is 12.2 Å². The fourth-order valence-electron chi connectivity index (χ4n) is 2.88. The molecule has 1 aliphatic rings. The first kappa shape index (κ1) is 14.9. The zero-order valence-corrected chi connectivity index (χ0v) is 12.4. The molecule has 0 saturated heterocycles. The van der Waals surface area contributed by atoms with Crippen LogP contribution in [0.1, 0.15) is 38.7 Å². The quantitative estimate of drug-likeness (QED) is 0.664. The van der Waals surface area contributed by atoms with Crippen LogP contribution >= 0.6 is 0 Å². The van der Waals surface area contributed by atoms with Crippen LogP contribution in [0.25, 0.3) is 0 Å². The lowest BCUT2D eigenvalue weighted by atomic mass is 9.83. The fraction of sp³-hybridized carbons (Fsp3) is 0.562. The summed E-state index contributed by atoms with van der Waals surface area (Å²) in [5.74, 6) is 0.285. The molecule has 2 rings (SSSR count). The van der Waals surface area contributed by atoms with Gasteiger partial charge in [0.2, 0.25) is 0 Å². The van der Waals surface area contributed by atoms with Crippen LogP contribution in [-0.4, -0.2) is 30.8 Å². The van der Waals surface area contributed by atoms with Gasteiger partial charge >= 0.3 is 5.97 Å². The van der Waals surface area contributed by atoms with Gasteiger partial charge < -0.3 is 14.7 Å². The van der Waals surface area contributed by atoms with Crippen LogP contribution in [0.3, 0.4) is 0 Å². The predicted octanol–water partition coefficient (Wildman–Crippen LogP) is 2.55. The first-order valence-electron chi connectivity index (χ1n) is 7.33. The van der Waals surface area contributed by atoms with Gasteiger partial charge in [-0.05, 0) is 37.8 Å². The van der Waals surface area contributed by atoms with Gasteiger partial charge in [-0.1, -0.05) is 13.0 Å². The van der Waals surface area contributed by atoms with Gasteiger partial charge in [0.1, 0.15) is 5.75 Å². The van der Waals surface area contributed by atoms with Crippen molar-refractivity contribution >= 4 is 11.7 Å². The summed E-state index contributed by atoms with van der Waals surface area (Å²) in [5, 5.41) is 9.07. The number of aliphatic hydroxyl groups excluding tert-OH is 1. The Hall–Kier alpha value is -1.55. The van der Waals surface area contributed by atoms with E-state index < -0.39 is 0 Å². The van der Waals surface area contributed by atoms with Crippen LogP contribution in [-0.2, 0) is 4.79 Å². The van der Waals surface area contributed by atoms with E-state index in [2.05, 4.69) is 24.8 Å². The van der Waals surface area contributed by atoms with E-state index in [1.165, 1.54) is 0 Å². The molecule has 1 aromatic rings. The molecular formula is C16H23NO3. The highest BCUT2D eigenvalue weighted by atomic mass is 16.5. The van der Waals surface area contributed by atoms with Crippen molar-refractivity contribution in [1.29, 1.82) is 0 Å². The van der Waals surface area contributed by atoms with Crippen molar-refractivity contribution in [3.05, 3.63) is 23.8 Å². The molecule has 2 atom stereocenters. The van der Waals surface area contributed by atoms with Gasteiger partial charge in [-0.2, -0.15) is 0 Å². The third-order valence-corrected chi connectivity index (χ3v) is 4.17. The molecule has 0 spiro atoms. The topological polar surface area (TPSA) is 49.8 Å². The highest BCUT2D eigenvalue weighted by Gasteiger charge is 2.34. The Morgan fingerprint density at radius 2 is 2.00 bits per heavy atom. The number of ether oxygens (including phenoxy) is 1. The molecule has 0 radical (unpaired) electrons. The van der Waals surface area contributed by atoms with Crippen LogP contribution in [0.4, 0.5) is 5.69 Å². The highest BCUT2D eigenvalue weighted by Crippen LogP contribution is 2.40. The molecule has 0 aliphatic carbocycles. The second-order valence-electron chi connectivity index (χ2n) is 5.22. The van der Waals surface area contributed by atoms with Crippen molar-refractivity contribution in [2.24, 2.45) is 5.92 Å². The van der Waals surface area contributed by atoms with E-state index in [0.717, 1.165) is 24.3 Å². The third-order valence-electron chi connectivity index (χ3n) is 4.17. The molecule has 2 unspecified atom stereocenters. The monoisotopic (exact) mass is 277 g/mol. The van der Waals surface area contributed by atoms with E-state index in [4.69, 9.17) is 9.84 Å². The lowest BCUT2D eigenvalue weighted by Crippen LogP contribution is -2.31. The SMILES string of the molecule is CCN(CC)c1ccc2c(c1)OC(=O)C(CCO)C2C. The number of hydrogen-bond donors (Lipinski definition) is 1. The molecule has 0 amide bonds. The molecular weight excluding hydrogens is 254 g/mol. The van der Waals surface area contributed by atoms with Crippen LogP contribution in [0, 0.1) is 5.92 Å². The molecule has 4 nitrogen and oxygen atoms in total. The van der Waals surface area contributed by atoms with E-state index in [1.54, 1.807) is 0 Å². The number of benzene rings is 1. The molecule has 20 heavy (non-hydrogen) atoms. The minimum Gasteiger partial charge on any atom is -0.426 e. The number of hydrogen-bond acceptors (Lipinski definition) is 4. The largest absolute Gasteiger partial charge is 0.426 e. The van der Waals surface area contributed by atoms with Gasteiger partial charge in [-0.3, -0.25) is 4.79 Å². The van der Waals surface area contributed by atoms with Gasteiger partial charge in [0.25, 0.3) is 0 Å². The Bertz CT molecular complexity index is 483. The second kappa shape index (κ2) is 6.27. The first-order valence-corrected chi connectivity index (χ1v) is 7.33. The molecule has 0 bridgehead atoms. The number of fused-ring (bicyclic) bond motifs is 1. The lowest BCUT2D eigenvalue weighted by Gasteiger charge is -2.30. The Morgan fingerprint density at radius 3 is 2.60 bits per heavy atom. The van der Waals surface area contributed by atoms with Crippen LogP contribution in [0.2, 0.25) is 0 Å². The number of carbonyl (C=O) groups excluding carboxylic acids is 1. The van der Waals surface area contributed by atoms with Gasteiger partial charge in [-0.25, -0.2) is 0 Å². The molecule has 0 aromatic heterocycles. The highest BCUT2D eigenvalue weighted by molar-refractivity contribution is 5.80. The number of rotatable bonds is 5. The molecule has 1 aliphatic heterocycles. The number of nitrogens with zero attached hydrogens (tertiary/aromatic N) is 1. The van der Waals surface area contributed by atoms with Crippen molar-refractivity contribution in [2.45, 2.75) is 33.1 Å². The van der Waals surface area contributed by atoms with Crippen molar-refractivity contribution in [3.63, 3.8) is 0 Å². The molecule has 0 saturated carbocycles. The van der Waals surface area contributed by atoms with Crippen molar-refractivity contribution in [3.8, 4) is 5.75 Å². The smallest absolute Gasteiger partial charge is 0.315 e. The normalized spacial score (nSPS) is 21.3. The van der Waals surface area contributed by atoms with Gasteiger partial charge in [-0.15, -0.1) is 0 Å². The molecule has 0 fully saturated rings. The van der Waals surface area contributed by atoms with E-state index in [1.807, 2.05) is 19.1 Å². The summed E-state index contributed by atoms with van der Waals surface area (Å²) in [6, 6.07) is 6.08. The molecule has 1 aromatic carbocycles. The van der Waals surface area contributed by atoms with E-state index in [9.17, 15) is 4.79 Å². The van der Waals surface area contributed by atoms with E-state index in [-0.39, 0.29) is 24.4 Å². The minimum atomic E-state index is -0.244. The molecule has 110 valence electrons. The number of esters is 1. The zero-order valence-electron chi connectivity index (χ0n) is 12.4. The first-order chi connectivity index (χ1) is 9.62. The van der Waals surface area contributed by atoms with Gasteiger partial charge in [0.05, 0.1) is 5.92 Å². The van der Waals surface area contributed by atoms with Gasteiger partial charge in [0, 0.05) is 31.5 Å². The summed E-state index contributed by atoms with van der Waals surface area (Å²) < 4.78 is 5.47. The van der Waals surface area contributed by atoms with Crippen LogP contribution in [0.15, 0.2) is 18.2 Å². The maximum absolute atomic E-state index is 12.0. The molecule has 1 heterocycles. The predicted molar refractivity (Wildman–Crippen MR) is 79.2 cm³/mol. The standard InChI is InChI=1S/C16H23NO3/c1-4-17(5-2)12-6-7-13-11(3)14(8-9-18)16(19)20-15(13)10-12/h6-7,10-11,14,18H,4-5,8-9H2,1-3H3. The maximum Gasteiger partial charge on any atom is 0.315 e. The Kier molecular flexibility index (Phi) is 4.65. The van der Waals surface area contributed by atoms with Crippen LogP contribution in [0.5, 0.6) is 5.75 Å². The summed E-state index contributed by atoms with van der Waals surface area (Å²) in [6.07, 6.45) is 0.456. The third kappa shape index (κ3) is 2.66. The second-order valence-corrected chi connectivity index (χ2v) is 5.22. The summed E-state index contributed by atoms with van der Waals surface area (Å²) >= 11 is 0. The number of aliphatic hydroxyl groups is 1. The molecule has 4 heteroatoms. The van der Waals surface area contributed by atoms with Crippen LogP contribution < -0.4 is 9.64 Å². The number of anilines is 1. The van der Waals surface area contributed by atoms with Crippen molar-refractivity contribution in [2.75, 3.05) is 24.6 Å². The summed E-state index contributed by atoms with van der Waals surface area (Å²) in [5.41, 5.74) is 2.13. The number of carbonyl (C=O) groups is 1. The Balaban J connectivity index is 2.32. The molecule has 1 N–H and O–H groups in total. The maximum atomic E-state index is 12.0. The summed E-state index contributed by atoms with van der Waals surface area (Å²) in [7, 11) is 0. The summed E-state index contributed by atoms with van der Waals surface area (Å²) in [6.45, 7) is 8.09. The fourth-order valence-corrected chi connectivity index (χ4v) is 2.88. The average molecular weight is 277 g/mol. The Labute approximate surface area is 120 Å². The Morgan fingerprint density at radius 1 is 1.30 bits per heavy atom. The summed E-state index contributed by atoms with van der Waals surface area (Å²) in [4.78, 5) is 14.3. The van der Waals surface area contributed by atoms with Crippen molar-refractivity contribution < 1.29 is 14.6 Å².